The Balaban J connectivity index is 1.46. The number of hydrazone groups is 1. The molecule has 1 aromatic carbocycles. The van der Waals surface area contributed by atoms with Crippen LogP contribution in [0.4, 0.5) is 28.2 Å². The molecule has 0 aliphatic carbocycles. The SMILES string of the molecule is CC(C)Oc1cc(F)cc2ccc(C=NNc3ccc([C@@H](N4CCC(NC(=O)O)C4)C(F)(F)F)cn3)nc12. The fourth-order valence-corrected chi connectivity index (χ4v) is 4.32. The monoisotopic (exact) mass is 534 g/mol. The molecule has 1 aliphatic rings. The van der Waals surface area contributed by atoms with E-state index >= 15 is 0 Å². The fraction of sp³-hybridized carbons (Fsp3) is 0.360. The van der Waals surface area contributed by atoms with Gasteiger partial charge in [-0.05, 0) is 44.0 Å². The summed E-state index contributed by atoms with van der Waals surface area (Å²) in [6, 6.07) is 6.12. The maximum absolute atomic E-state index is 13.9. The van der Waals surface area contributed by atoms with Gasteiger partial charge in [0.25, 0.3) is 0 Å². The molecule has 3 heterocycles. The zero-order valence-electron chi connectivity index (χ0n) is 20.5. The third-order valence-electron chi connectivity index (χ3n) is 5.81. The Labute approximate surface area is 215 Å². The van der Waals surface area contributed by atoms with Gasteiger partial charge in [0.15, 0.2) is 0 Å². The first-order valence-corrected chi connectivity index (χ1v) is 11.8. The molecule has 0 spiro atoms. The molecule has 0 bridgehead atoms. The van der Waals surface area contributed by atoms with E-state index in [4.69, 9.17) is 9.84 Å². The number of hydrogen-bond acceptors (Lipinski definition) is 7. The molecule has 1 aliphatic heterocycles. The quantitative estimate of drug-likeness (QED) is 0.213. The van der Waals surface area contributed by atoms with Gasteiger partial charge in [-0.25, -0.2) is 19.2 Å². The molecule has 1 fully saturated rings. The van der Waals surface area contributed by atoms with E-state index < -0.39 is 30.2 Å². The first-order valence-electron chi connectivity index (χ1n) is 11.8. The minimum atomic E-state index is -4.57. The third kappa shape index (κ3) is 6.65. The molecule has 38 heavy (non-hydrogen) atoms. The van der Waals surface area contributed by atoms with Crippen LogP contribution in [0.2, 0.25) is 0 Å². The van der Waals surface area contributed by atoms with Gasteiger partial charge >= 0.3 is 12.3 Å². The summed E-state index contributed by atoms with van der Waals surface area (Å²) >= 11 is 0. The van der Waals surface area contributed by atoms with E-state index in [9.17, 15) is 22.4 Å². The summed E-state index contributed by atoms with van der Waals surface area (Å²) in [4.78, 5) is 20.5. The lowest BCUT2D eigenvalue weighted by Crippen LogP contribution is -2.40. The predicted octanol–water partition coefficient (Wildman–Crippen LogP) is 4.95. The lowest BCUT2D eigenvalue weighted by atomic mass is 10.1. The maximum Gasteiger partial charge on any atom is 0.408 e. The number of carboxylic acid groups (broad SMARTS) is 1. The van der Waals surface area contributed by atoms with Crippen molar-refractivity contribution in [3.8, 4) is 5.75 Å². The van der Waals surface area contributed by atoms with Crippen LogP contribution in [0.3, 0.4) is 0 Å². The van der Waals surface area contributed by atoms with Crippen molar-refractivity contribution in [1.29, 1.82) is 0 Å². The second kappa shape index (κ2) is 11.2. The second-order valence-corrected chi connectivity index (χ2v) is 9.10. The van der Waals surface area contributed by atoms with Gasteiger partial charge in [0, 0.05) is 36.8 Å². The lowest BCUT2D eigenvalue weighted by molar-refractivity contribution is -0.183. The predicted molar refractivity (Wildman–Crippen MR) is 133 cm³/mol. The van der Waals surface area contributed by atoms with Gasteiger partial charge in [0.05, 0.1) is 18.0 Å². The summed E-state index contributed by atoms with van der Waals surface area (Å²) in [6.07, 6.45) is -3.23. The van der Waals surface area contributed by atoms with Crippen molar-refractivity contribution in [2.24, 2.45) is 5.10 Å². The summed E-state index contributed by atoms with van der Waals surface area (Å²) in [5.41, 5.74) is 3.50. The standard InChI is InChI=1S/C25H26F4N6O3/c1-14(2)38-20-10-17(26)9-15-3-5-18(32-22(15)20)12-31-34-21-6-4-16(11-30-21)23(25(27,28)29)35-8-7-19(13-35)33-24(36)37/h3-6,9-12,14,19,23,33H,7-8,13H2,1-2H3,(H,30,34)(H,36,37)/t19?,23-/m1/s1. The van der Waals surface area contributed by atoms with Crippen molar-refractivity contribution in [1.82, 2.24) is 20.2 Å². The number of pyridine rings is 2. The molecular weight excluding hydrogens is 508 g/mol. The van der Waals surface area contributed by atoms with E-state index in [0.29, 0.717) is 22.3 Å². The molecule has 13 heteroatoms. The van der Waals surface area contributed by atoms with Crippen molar-refractivity contribution in [3.05, 3.63) is 59.7 Å². The number of rotatable bonds is 8. The molecule has 1 amide bonds. The minimum absolute atomic E-state index is 0.0594. The molecule has 4 rings (SSSR count). The molecule has 1 saturated heterocycles. The third-order valence-corrected chi connectivity index (χ3v) is 5.81. The number of ether oxygens (including phenoxy) is 1. The number of fused-ring (bicyclic) bond motifs is 1. The Hall–Kier alpha value is -4.00. The molecule has 3 aromatic rings. The normalized spacial score (nSPS) is 17.3. The molecule has 3 N–H and O–H groups in total. The number of halogens is 4. The summed E-state index contributed by atoms with van der Waals surface area (Å²) in [5.74, 6) is 0.0731. The Morgan fingerprint density at radius 2 is 2.05 bits per heavy atom. The molecular formula is C25H26F4N6O3. The van der Waals surface area contributed by atoms with E-state index in [1.54, 1.807) is 12.1 Å². The molecule has 202 valence electrons. The van der Waals surface area contributed by atoms with Crippen LogP contribution in [0, 0.1) is 5.82 Å². The largest absolute Gasteiger partial charge is 0.489 e. The van der Waals surface area contributed by atoms with Crippen molar-refractivity contribution >= 4 is 29.0 Å². The van der Waals surface area contributed by atoms with Crippen LogP contribution in [0.25, 0.3) is 10.9 Å². The second-order valence-electron chi connectivity index (χ2n) is 9.10. The highest BCUT2D eigenvalue weighted by Crippen LogP contribution is 2.39. The molecule has 2 atom stereocenters. The first kappa shape index (κ1) is 27.0. The zero-order chi connectivity index (χ0) is 27.4. The number of nitrogens with zero attached hydrogens (tertiary/aromatic N) is 4. The van der Waals surface area contributed by atoms with Crippen molar-refractivity contribution in [2.75, 3.05) is 18.5 Å². The van der Waals surface area contributed by atoms with E-state index in [2.05, 4.69) is 25.8 Å². The Bertz CT molecular complexity index is 1320. The van der Waals surface area contributed by atoms with E-state index in [1.165, 1.54) is 35.4 Å². The van der Waals surface area contributed by atoms with Gasteiger partial charge < -0.3 is 15.2 Å². The zero-order valence-corrected chi connectivity index (χ0v) is 20.5. The number of carbonyl (C=O) groups is 1. The Morgan fingerprint density at radius 3 is 2.71 bits per heavy atom. The van der Waals surface area contributed by atoms with Crippen LogP contribution in [0.1, 0.15) is 37.6 Å². The number of alkyl halides is 3. The fourth-order valence-electron chi connectivity index (χ4n) is 4.32. The molecule has 1 unspecified atom stereocenters. The summed E-state index contributed by atoms with van der Waals surface area (Å²) in [7, 11) is 0. The van der Waals surface area contributed by atoms with Gasteiger partial charge in [0.2, 0.25) is 0 Å². The Kier molecular flexibility index (Phi) is 7.95. The number of benzene rings is 1. The summed E-state index contributed by atoms with van der Waals surface area (Å²) < 4.78 is 61.2. The number of nitrogens with one attached hydrogen (secondary N) is 2. The number of hydrogen-bond donors (Lipinski definition) is 3. The van der Waals surface area contributed by atoms with E-state index in [1.807, 2.05) is 13.8 Å². The summed E-state index contributed by atoms with van der Waals surface area (Å²) in [6.45, 7) is 3.67. The van der Waals surface area contributed by atoms with Crippen LogP contribution in [0.5, 0.6) is 5.75 Å². The van der Waals surface area contributed by atoms with Crippen molar-refractivity contribution < 1.29 is 32.2 Å². The van der Waals surface area contributed by atoms with Gasteiger partial charge in [-0.15, -0.1) is 0 Å². The number of likely N-dealkylation sites (tertiary alicyclic amines) is 1. The lowest BCUT2D eigenvalue weighted by Gasteiger charge is -2.30. The Morgan fingerprint density at radius 1 is 1.26 bits per heavy atom. The van der Waals surface area contributed by atoms with Crippen LogP contribution < -0.4 is 15.5 Å². The maximum atomic E-state index is 13.9. The van der Waals surface area contributed by atoms with Crippen LogP contribution in [0.15, 0.2) is 47.7 Å². The highest BCUT2D eigenvalue weighted by molar-refractivity contribution is 5.89. The average Bonchev–Trinajstić information content (AvgIpc) is 3.26. The first-order chi connectivity index (χ1) is 18.0. The molecule has 0 saturated carbocycles. The summed E-state index contributed by atoms with van der Waals surface area (Å²) in [5, 5.41) is 15.7. The minimum Gasteiger partial charge on any atom is -0.489 e. The average molecular weight is 535 g/mol. The number of anilines is 1. The topological polar surface area (TPSA) is 112 Å². The molecule has 0 radical (unpaired) electrons. The van der Waals surface area contributed by atoms with Crippen LogP contribution in [-0.2, 0) is 0 Å². The number of aromatic nitrogens is 2. The van der Waals surface area contributed by atoms with E-state index in [-0.39, 0.29) is 37.0 Å². The van der Waals surface area contributed by atoms with Crippen LogP contribution in [-0.4, -0.2) is 63.7 Å². The molecule has 9 nitrogen and oxygen atoms in total. The smallest absolute Gasteiger partial charge is 0.408 e. The highest BCUT2D eigenvalue weighted by Gasteiger charge is 2.47. The number of amides is 1. The van der Waals surface area contributed by atoms with Gasteiger partial charge in [0.1, 0.15) is 28.9 Å². The van der Waals surface area contributed by atoms with Gasteiger partial charge in [-0.2, -0.15) is 18.3 Å². The van der Waals surface area contributed by atoms with Crippen LogP contribution >= 0.6 is 0 Å². The molecule has 2 aromatic heterocycles. The highest BCUT2D eigenvalue weighted by atomic mass is 19.4. The van der Waals surface area contributed by atoms with Gasteiger partial charge in [-0.3, -0.25) is 10.3 Å². The van der Waals surface area contributed by atoms with Crippen molar-refractivity contribution in [2.45, 2.75) is 44.6 Å². The van der Waals surface area contributed by atoms with E-state index in [0.717, 1.165) is 6.20 Å². The van der Waals surface area contributed by atoms with Gasteiger partial charge in [-0.1, -0.05) is 12.1 Å². The van der Waals surface area contributed by atoms with Crippen molar-refractivity contribution in [3.63, 3.8) is 0 Å².